The molecule has 166 valence electrons. The van der Waals surface area contributed by atoms with E-state index < -0.39 is 9.84 Å². The van der Waals surface area contributed by atoms with E-state index in [1.54, 1.807) is 29.8 Å². The van der Waals surface area contributed by atoms with Crippen molar-refractivity contribution in [1.82, 2.24) is 14.6 Å². The van der Waals surface area contributed by atoms with E-state index in [1.807, 2.05) is 61.5 Å². The van der Waals surface area contributed by atoms with Crippen LogP contribution in [0.1, 0.15) is 5.56 Å². The summed E-state index contributed by atoms with van der Waals surface area (Å²) in [4.78, 5) is 11.2. The molecule has 0 unspecified atom stereocenters. The molecule has 10 heteroatoms. The monoisotopic (exact) mass is 476 g/mol. The van der Waals surface area contributed by atoms with E-state index in [9.17, 15) is 8.42 Å². The number of hydrogen-bond acceptors (Lipinski definition) is 8. The molecule has 0 radical (unpaired) electrons. The quantitative estimate of drug-likeness (QED) is 0.384. The van der Waals surface area contributed by atoms with Crippen molar-refractivity contribution in [2.45, 2.75) is 9.10 Å². The molecular formula is C23H20N6O2S2. The molecule has 0 amide bonds. The zero-order valence-corrected chi connectivity index (χ0v) is 19.5. The third-order valence-electron chi connectivity index (χ3n) is 5.19. The lowest BCUT2D eigenvalue weighted by molar-refractivity contribution is 0.599. The van der Waals surface area contributed by atoms with Gasteiger partial charge in [-0.1, -0.05) is 30.3 Å². The molecule has 5 rings (SSSR count). The molecule has 0 atom stereocenters. The second-order valence-corrected chi connectivity index (χ2v) is 10.6. The number of sulfone groups is 1. The van der Waals surface area contributed by atoms with Crippen LogP contribution in [-0.4, -0.2) is 43.4 Å². The Bertz CT molecular complexity index is 1600. The fourth-order valence-electron chi connectivity index (χ4n) is 3.50. The predicted molar refractivity (Wildman–Crippen MR) is 133 cm³/mol. The Balaban J connectivity index is 1.73. The molecule has 3 aromatic heterocycles. The molecule has 0 fully saturated rings. The molecule has 8 nitrogen and oxygen atoms in total. The highest BCUT2D eigenvalue weighted by molar-refractivity contribution is 7.93. The first-order valence-electron chi connectivity index (χ1n) is 10.0. The lowest BCUT2D eigenvalue weighted by atomic mass is 10.2. The van der Waals surface area contributed by atoms with Crippen LogP contribution in [0.5, 0.6) is 0 Å². The highest BCUT2D eigenvalue weighted by atomic mass is 32.2. The van der Waals surface area contributed by atoms with Crippen molar-refractivity contribution < 1.29 is 8.42 Å². The second kappa shape index (κ2) is 7.98. The third kappa shape index (κ3) is 3.62. The molecule has 3 heterocycles. The Labute approximate surface area is 194 Å². The third-order valence-corrected chi connectivity index (χ3v) is 8.40. The van der Waals surface area contributed by atoms with Gasteiger partial charge in [0, 0.05) is 19.8 Å². The first-order chi connectivity index (χ1) is 15.9. The average Bonchev–Trinajstić information content (AvgIpc) is 3.43. The van der Waals surface area contributed by atoms with E-state index in [-0.39, 0.29) is 26.1 Å². The molecule has 0 aliphatic heterocycles. The van der Waals surface area contributed by atoms with Gasteiger partial charge in [-0.05, 0) is 41.3 Å². The molecule has 0 bridgehead atoms. The van der Waals surface area contributed by atoms with Crippen LogP contribution >= 0.6 is 11.3 Å². The SMILES string of the molecule is CN(C)c1ccc(C=Nn2c(N)c(S(=O)(=O)c3cccs3)c3nc4ccccc4nc32)cc1. The van der Waals surface area contributed by atoms with Crippen LogP contribution in [0.25, 0.3) is 22.2 Å². The number of fused-ring (bicyclic) bond motifs is 2. The van der Waals surface area contributed by atoms with Gasteiger partial charge in [0.1, 0.15) is 20.4 Å². The van der Waals surface area contributed by atoms with Crippen molar-refractivity contribution >= 4 is 61.1 Å². The summed E-state index contributed by atoms with van der Waals surface area (Å²) < 4.78 is 28.4. The van der Waals surface area contributed by atoms with Crippen LogP contribution in [0, 0.1) is 0 Å². The maximum absolute atomic E-state index is 13.4. The highest BCUT2D eigenvalue weighted by Crippen LogP contribution is 2.36. The summed E-state index contributed by atoms with van der Waals surface area (Å²) in [5, 5.41) is 6.20. The molecule has 0 saturated heterocycles. The summed E-state index contributed by atoms with van der Waals surface area (Å²) in [6.07, 6.45) is 1.62. The lowest BCUT2D eigenvalue weighted by Crippen LogP contribution is -2.08. The first kappa shape index (κ1) is 21.1. The standard InChI is InChI=1S/C23H20N6O2S2/c1-28(2)16-11-9-15(10-12-16)14-25-29-22(24)21(33(30,31)19-8-5-13-32-19)20-23(29)27-18-7-4-3-6-17(18)26-20/h3-14H,24H2,1-2H3. The van der Waals surface area contributed by atoms with E-state index in [0.29, 0.717) is 11.0 Å². The van der Waals surface area contributed by atoms with Gasteiger partial charge in [-0.3, -0.25) is 0 Å². The van der Waals surface area contributed by atoms with Gasteiger partial charge < -0.3 is 10.6 Å². The molecule has 2 N–H and O–H groups in total. The minimum Gasteiger partial charge on any atom is -0.382 e. The largest absolute Gasteiger partial charge is 0.382 e. The maximum atomic E-state index is 13.4. The number of thiophene rings is 1. The lowest BCUT2D eigenvalue weighted by Gasteiger charge is -2.11. The van der Waals surface area contributed by atoms with Crippen molar-refractivity contribution in [2.75, 3.05) is 24.7 Å². The molecule has 5 aromatic rings. The maximum Gasteiger partial charge on any atom is 0.221 e. The van der Waals surface area contributed by atoms with Crippen LogP contribution in [0.15, 0.2) is 80.2 Å². The Kier molecular flexibility index (Phi) is 5.10. The van der Waals surface area contributed by atoms with Crippen LogP contribution < -0.4 is 10.6 Å². The summed E-state index contributed by atoms with van der Waals surface area (Å²) >= 11 is 1.13. The normalized spacial score (nSPS) is 12.2. The fourth-order valence-corrected chi connectivity index (χ4v) is 6.09. The molecule has 0 aliphatic carbocycles. The summed E-state index contributed by atoms with van der Waals surface area (Å²) in [5.41, 5.74) is 9.94. The van der Waals surface area contributed by atoms with E-state index >= 15 is 0 Å². The van der Waals surface area contributed by atoms with E-state index in [0.717, 1.165) is 22.6 Å². The Hall–Kier alpha value is -3.76. The molecule has 33 heavy (non-hydrogen) atoms. The Morgan fingerprint density at radius 3 is 2.33 bits per heavy atom. The Morgan fingerprint density at radius 1 is 1.00 bits per heavy atom. The van der Waals surface area contributed by atoms with Gasteiger partial charge in [0.25, 0.3) is 0 Å². The zero-order chi connectivity index (χ0) is 23.2. The van der Waals surface area contributed by atoms with Gasteiger partial charge in [0.2, 0.25) is 9.84 Å². The zero-order valence-electron chi connectivity index (χ0n) is 17.9. The van der Waals surface area contributed by atoms with Crippen molar-refractivity contribution in [2.24, 2.45) is 5.10 Å². The van der Waals surface area contributed by atoms with Crippen LogP contribution in [0.3, 0.4) is 0 Å². The van der Waals surface area contributed by atoms with E-state index in [2.05, 4.69) is 15.1 Å². The van der Waals surface area contributed by atoms with Crippen LogP contribution in [0.4, 0.5) is 11.5 Å². The van der Waals surface area contributed by atoms with Gasteiger partial charge >= 0.3 is 0 Å². The number of hydrogen-bond donors (Lipinski definition) is 1. The summed E-state index contributed by atoms with van der Waals surface area (Å²) in [7, 11) is 0.0251. The average molecular weight is 477 g/mol. The van der Waals surface area contributed by atoms with Gasteiger partial charge in [-0.2, -0.15) is 9.78 Å². The Morgan fingerprint density at radius 2 is 1.70 bits per heavy atom. The summed E-state index contributed by atoms with van der Waals surface area (Å²) in [6, 6.07) is 18.3. The smallest absolute Gasteiger partial charge is 0.221 e. The van der Waals surface area contributed by atoms with E-state index in [1.165, 1.54) is 4.68 Å². The molecule has 0 spiro atoms. The number of nitrogen functional groups attached to an aromatic ring is 1. The van der Waals surface area contributed by atoms with Gasteiger partial charge in [0.05, 0.1) is 17.2 Å². The number of para-hydroxylation sites is 2. The predicted octanol–water partition coefficient (Wildman–Crippen LogP) is 4.01. The second-order valence-electron chi connectivity index (χ2n) is 7.58. The topological polar surface area (TPSA) is 106 Å². The highest BCUT2D eigenvalue weighted by Gasteiger charge is 2.31. The van der Waals surface area contributed by atoms with Gasteiger partial charge in [0.15, 0.2) is 5.65 Å². The molecular weight excluding hydrogens is 456 g/mol. The molecule has 0 aliphatic rings. The van der Waals surface area contributed by atoms with Crippen molar-refractivity contribution in [3.8, 4) is 0 Å². The van der Waals surface area contributed by atoms with Gasteiger partial charge in [-0.15, -0.1) is 11.3 Å². The van der Waals surface area contributed by atoms with Crippen LogP contribution in [0.2, 0.25) is 0 Å². The number of nitrogens with zero attached hydrogens (tertiary/aromatic N) is 5. The van der Waals surface area contributed by atoms with Gasteiger partial charge in [-0.25, -0.2) is 18.4 Å². The molecule has 0 saturated carbocycles. The van der Waals surface area contributed by atoms with Crippen LogP contribution in [-0.2, 0) is 9.84 Å². The number of aromatic nitrogens is 3. The van der Waals surface area contributed by atoms with E-state index in [4.69, 9.17) is 5.73 Å². The minimum absolute atomic E-state index is 0.0325. The number of benzene rings is 2. The van der Waals surface area contributed by atoms with Crippen molar-refractivity contribution in [1.29, 1.82) is 0 Å². The minimum atomic E-state index is -3.91. The summed E-state index contributed by atoms with van der Waals surface area (Å²) in [5.74, 6) is -0.0325. The van der Waals surface area contributed by atoms with Crippen molar-refractivity contribution in [3.63, 3.8) is 0 Å². The first-order valence-corrected chi connectivity index (χ1v) is 12.4. The number of anilines is 2. The number of nitrogens with two attached hydrogens (primary N) is 1. The fraction of sp³-hybridized carbons (Fsp3) is 0.0870. The molecule has 2 aromatic carbocycles. The van der Waals surface area contributed by atoms with Crippen molar-refractivity contribution in [3.05, 3.63) is 71.6 Å². The summed E-state index contributed by atoms with van der Waals surface area (Å²) in [6.45, 7) is 0. The number of rotatable bonds is 5.